The summed E-state index contributed by atoms with van der Waals surface area (Å²) in [5.41, 5.74) is 0.937. The van der Waals surface area contributed by atoms with Gasteiger partial charge in [-0.3, -0.25) is 0 Å². The first kappa shape index (κ1) is 14.9. The van der Waals surface area contributed by atoms with Gasteiger partial charge >= 0.3 is 0 Å². The molecule has 0 aliphatic carbocycles. The van der Waals surface area contributed by atoms with Crippen LogP contribution in [0.3, 0.4) is 0 Å². The number of hydrogen-bond acceptors (Lipinski definition) is 1. The van der Waals surface area contributed by atoms with Gasteiger partial charge in [-0.2, -0.15) is 0 Å². The third kappa shape index (κ3) is 2.67. The number of benzene rings is 2. The smallest absolute Gasteiger partial charge is 0.142 e. The van der Waals surface area contributed by atoms with E-state index in [1.54, 1.807) is 13.1 Å². The van der Waals surface area contributed by atoms with Crippen LogP contribution in [0.5, 0.6) is 0 Å². The van der Waals surface area contributed by atoms with Crippen LogP contribution in [0.25, 0.3) is 0 Å². The highest BCUT2D eigenvalue weighted by molar-refractivity contribution is 6.31. The van der Waals surface area contributed by atoms with E-state index < -0.39 is 23.5 Å². The molecule has 0 spiro atoms. The van der Waals surface area contributed by atoms with E-state index >= 15 is 0 Å². The number of aryl methyl sites for hydroxylation is 1. The lowest BCUT2D eigenvalue weighted by atomic mass is 9.96. The van der Waals surface area contributed by atoms with E-state index in [0.29, 0.717) is 11.1 Å². The molecule has 0 saturated carbocycles. The van der Waals surface area contributed by atoms with E-state index in [9.17, 15) is 13.2 Å². The molecular weight excluding hydrogens is 287 g/mol. The molecule has 0 aliphatic heterocycles. The van der Waals surface area contributed by atoms with Crippen LogP contribution in [0, 0.1) is 24.4 Å². The molecule has 1 atom stereocenters. The normalized spacial score (nSPS) is 12.5. The van der Waals surface area contributed by atoms with Crippen molar-refractivity contribution < 1.29 is 13.2 Å². The molecule has 2 aromatic carbocycles. The van der Waals surface area contributed by atoms with Gasteiger partial charge in [0.15, 0.2) is 0 Å². The maximum atomic E-state index is 14.0. The van der Waals surface area contributed by atoms with Crippen LogP contribution in [0.15, 0.2) is 30.3 Å². The lowest BCUT2D eigenvalue weighted by Gasteiger charge is -2.20. The largest absolute Gasteiger partial charge is 0.309 e. The highest BCUT2D eigenvalue weighted by Gasteiger charge is 2.21. The monoisotopic (exact) mass is 299 g/mol. The fourth-order valence-corrected chi connectivity index (χ4v) is 2.36. The van der Waals surface area contributed by atoms with Crippen molar-refractivity contribution in [3.63, 3.8) is 0 Å². The van der Waals surface area contributed by atoms with E-state index in [0.717, 1.165) is 6.07 Å². The highest BCUT2D eigenvalue weighted by atomic mass is 35.5. The van der Waals surface area contributed by atoms with E-state index in [4.69, 9.17) is 11.6 Å². The topological polar surface area (TPSA) is 12.0 Å². The second-order valence-corrected chi connectivity index (χ2v) is 4.87. The van der Waals surface area contributed by atoms with Crippen molar-refractivity contribution in [1.29, 1.82) is 0 Å². The molecule has 0 amide bonds. The Kier molecular flexibility index (Phi) is 4.35. The molecule has 5 heteroatoms. The first-order valence-electron chi connectivity index (χ1n) is 6.02. The molecule has 0 aliphatic rings. The molecule has 0 aromatic heterocycles. The predicted molar refractivity (Wildman–Crippen MR) is 73.4 cm³/mol. The van der Waals surface area contributed by atoms with Gasteiger partial charge in [-0.25, -0.2) is 13.2 Å². The summed E-state index contributed by atoms with van der Waals surface area (Å²) in [7, 11) is 1.60. The molecule has 1 N–H and O–H groups in total. The van der Waals surface area contributed by atoms with E-state index in [2.05, 4.69) is 5.32 Å². The molecule has 2 aromatic rings. The molecule has 0 radical (unpaired) electrons. The SMILES string of the molecule is CNC(c1cc(C)c(F)cc1F)c1cccc(F)c1Cl. The Bertz CT molecular complexity index is 643. The summed E-state index contributed by atoms with van der Waals surface area (Å²) in [5, 5.41) is 2.80. The van der Waals surface area contributed by atoms with Gasteiger partial charge in [-0.05, 0) is 37.2 Å². The molecule has 1 unspecified atom stereocenters. The number of halogens is 4. The standard InChI is InChI=1S/C15H13ClF3N/c1-8-6-10(13(19)7-12(8)18)15(20-2)9-4-3-5-11(17)14(9)16/h3-7,15,20H,1-2H3. The van der Waals surface area contributed by atoms with E-state index in [1.165, 1.54) is 25.1 Å². The van der Waals surface area contributed by atoms with E-state index in [-0.39, 0.29) is 10.6 Å². The lowest BCUT2D eigenvalue weighted by molar-refractivity contribution is 0.546. The Morgan fingerprint density at radius 2 is 1.70 bits per heavy atom. The van der Waals surface area contributed by atoms with Gasteiger partial charge in [0.05, 0.1) is 11.1 Å². The maximum absolute atomic E-state index is 14.0. The van der Waals surface area contributed by atoms with Crippen LogP contribution in [0.2, 0.25) is 5.02 Å². The first-order valence-corrected chi connectivity index (χ1v) is 6.40. The average molecular weight is 300 g/mol. The average Bonchev–Trinajstić information content (AvgIpc) is 2.41. The van der Waals surface area contributed by atoms with Crippen molar-refractivity contribution in [2.24, 2.45) is 0 Å². The van der Waals surface area contributed by atoms with Crippen LogP contribution in [0.4, 0.5) is 13.2 Å². The van der Waals surface area contributed by atoms with Gasteiger partial charge in [-0.15, -0.1) is 0 Å². The fraction of sp³-hybridized carbons (Fsp3) is 0.200. The summed E-state index contributed by atoms with van der Waals surface area (Å²) >= 11 is 5.93. The number of nitrogens with one attached hydrogen (secondary N) is 1. The quantitative estimate of drug-likeness (QED) is 0.887. The second-order valence-electron chi connectivity index (χ2n) is 4.49. The summed E-state index contributed by atoms with van der Waals surface area (Å²) in [6.45, 7) is 1.54. The van der Waals surface area contributed by atoms with Crippen molar-refractivity contribution in [2.75, 3.05) is 7.05 Å². The predicted octanol–water partition coefficient (Wildman–Crippen LogP) is 4.37. The Balaban J connectivity index is 2.58. The van der Waals surface area contributed by atoms with Crippen LogP contribution >= 0.6 is 11.6 Å². The number of hydrogen-bond donors (Lipinski definition) is 1. The third-order valence-corrected chi connectivity index (χ3v) is 3.57. The zero-order chi connectivity index (χ0) is 14.9. The number of rotatable bonds is 3. The molecule has 20 heavy (non-hydrogen) atoms. The summed E-state index contributed by atoms with van der Waals surface area (Å²) in [6, 6.07) is 5.89. The first-order chi connectivity index (χ1) is 9.45. The molecule has 0 bridgehead atoms. The minimum atomic E-state index is -0.701. The van der Waals surface area contributed by atoms with Crippen LogP contribution in [0.1, 0.15) is 22.7 Å². The van der Waals surface area contributed by atoms with Crippen molar-refractivity contribution in [2.45, 2.75) is 13.0 Å². The molecular formula is C15H13ClF3N. The van der Waals surface area contributed by atoms with Gasteiger partial charge in [0.2, 0.25) is 0 Å². The molecule has 0 saturated heterocycles. The van der Waals surface area contributed by atoms with Crippen molar-refractivity contribution >= 4 is 11.6 Å². The Morgan fingerprint density at radius 1 is 1.00 bits per heavy atom. The van der Waals surface area contributed by atoms with Crippen molar-refractivity contribution in [3.05, 3.63) is 69.5 Å². The Labute approximate surface area is 120 Å². The van der Waals surface area contributed by atoms with Crippen LogP contribution < -0.4 is 5.32 Å². The van der Waals surface area contributed by atoms with E-state index in [1.807, 2.05) is 0 Å². The highest BCUT2D eigenvalue weighted by Crippen LogP contribution is 2.32. The third-order valence-electron chi connectivity index (χ3n) is 3.17. The van der Waals surface area contributed by atoms with Gasteiger partial charge in [-0.1, -0.05) is 23.7 Å². The molecule has 0 heterocycles. The van der Waals surface area contributed by atoms with Crippen molar-refractivity contribution in [1.82, 2.24) is 5.32 Å². The van der Waals surface area contributed by atoms with Crippen LogP contribution in [-0.4, -0.2) is 7.05 Å². The fourth-order valence-electron chi connectivity index (χ4n) is 2.12. The molecule has 0 fully saturated rings. The second kappa shape index (κ2) is 5.85. The molecule has 2 rings (SSSR count). The van der Waals surface area contributed by atoms with Gasteiger partial charge in [0.25, 0.3) is 0 Å². The summed E-state index contributed by atoms with van der Waals surface area (Å²) in [5.74, 6) is -1.90. The Morgan fingerprint density at radius 3 is 2.35 bits per heavy atom. The van der Waals surface area contributed by atoms with Gasteiger partial charge in [0.1, 0.15) is 17.5 Å². The Hall–Kier alpha value is -1.52. The lowest BCUT2D eigenvalue weighted by Crippen LogP contribution is -2.20. The molecule has 106 valence electrons. The molecule has 1 nitrogen and oxygen atoms in total. The van der Waals surface area contributed by atoms with Gasteiger partial charge < -0.3 is 5.32 Å². The maximum Gasteiger partial charge on any atom is 0.142 e. The van der Waals surface area contributed by atoms with Gasteiger partial charge in [0, 0.05) is 11.6 Å². The zero-order valence-electron chi connectivity index (χ0n) is 11.0. The van der Waals surface area contributed by atoms with Crippen LogP contribution in [-0.2, 0) is 0 Å². The summed E-state index contributed by atoms with van der Waals surface area (Å²) in [6.07, 6.45) is 0. The zero-order valence-corrected chi connectivity index (χ0v) is 11.7. The minimum Gasteiger partial charge on any atom is -0.309 e. The minimum absolute atomic E-state index is 0.0757. The van der Waals surface area contributed by atoms with Crippen molar-refractivity contribution in [3.8, 4) is 0 Å². The summed E-state index contributed by atoms with van der Waals surface area (Å²) in [4.78, 5) is 0. The summed E-state index contributed by atoms with van der Waals surface area (Å²) < 4.78 is 40.8.